The van der Waals surface area contributed by atoms with Gasteiger partial charge in [-0.3, -0.25) is 4.79 Å². The maximum Gasteiger partial charge on any atom is 0.316 e. The zero-order valence-electron chi connectivity index (χ0n) is 12.4. The van der Waals surface area contributed by atoms with E-state index < -0.39 is 11.2 Å². The largest absolute Gasteiger partial charge is 0.497 e. The Balaban J connectivity index is 2.06. The van der Waals surface area contributed by atoms with Crippen LogP contribution < -0.4 is 4.74 Å². The molecule has 0 amide bonds. The van der Waals surface area contributed by atoms with Crippen molar-refractivity contribution in [1.82, 2.24) is 25.0 Å². The SMILES string of the molecule is COc1cccc(-n2nnc3c(S[C@H](C)C(=O)O)ncnc32)c1. The molecule has 1 N–H and O–H groups in total. The van der Waals surface area contributed by atoms with Crippen LogP contribution in [0.1, 0.15) is 6.92 Å². The molecule has 0 unspecified atom stereocenters. The summed E-state index contributed by atoms with van der Waals surface area (Å²) in [7, 11) is 1.59. The van der Waals surface area contributed by atoms with Gasteiger partial charge >= 0.3 is 5.97 Å². The number of hydrogen-bond donors (Lipinski definition) is 1. The zero-order valence-corrected chi connectivity index (χ0v) is 13.2. The van der Waals surface area contributed by atoms with Crippen molar-refractivity contribution in [2.45, 2.75) is 17.2 Å². The number of carbonyl (C=O) groups is 1. The lowest BCUT2D eigenvalue weighted by molar-refractivity contribution is -0.136. The molecule has 0 aliphatic rings. The summed E-state index contributed by atoms with van der Waals surface area (Å²) in [5.41, 5.74) is 1.72. The highest BCUT2D eigenvalue weighted by atomic mass is 32.2. The first-order valence-electron chi connectivity index (χ1n) is 6.70. The molecule has 2 heterocycles. The lowest BCUT2D eigenvalue weighted by atomic mass is 10.3. The van der Waals surface area contributed by atoms with Crippen molar-refractivity contribution in [3.63, 3.8) is 0 Å². The van der Waals surface area contributed by atoms with Crippen LogP contribution in [0.3, 0.4) is 0 Å². The molecule has 3 rings (SSSR count). The van der Waals surface area contributed by atoms with Gasteiger partial charge in [0.2, 0.25) is 0 Å². The molecular weight excluding hydrogens is 318 g/mol. The smallest absolute Gasteiger partial charge is 0.316 e. The third kappa shape index (κ3) is 2.95. The molecule has 0 bridgehead atoms. The van der Waals surface area contributed by atoms with Crippen LogP contribution in [0, 0.1) is 0 Å². The van der Waals surface area contributed by atoms with Gasteiger partial charge in [0, 0.05) is 6.07 Å². The fraction of sp³-hybridized carbons (Fsp3) is 0.214. The molecule has 8 nitrogen and oxygen atoms in total. The molecule has 0 saturated heterocycles. The number of hydrogen-bond acceptors (Lipinski definition) is 7. The first-order chi connectivity index (χ1) is 11.1. The van der Waals surface area contributed by atoms with Gasteiger partial charge < -0.3 is 9.84 Å². The third-order valence-electron chi connectivity index (χ3n) is 3.14. The Morgan fingerprint density at radius 2 is 2.22 bits per heavy atom. The van der Waals surface area contributed by atoms with Crippen molar-refractivity contribution in [2.24, 2.45) is 0 Å². The Morgan fingerprint density at radius 1 is 1.39 bits per heavy atom. The standard InChI is InChI=1S/C14H13N5O3S/c1-8(14(20)21)23-13-11-12(15-7-16-13)19(18-17-11)9-4-3-5-10(6-9)22-2/h3-8H,1-2H3,(H,20,21)/t8-/m1/s1. The van der Waals surface area contributed by atoms with Crippen molar-refractivity contribution >= 4 is 28.9 Å². The summed E-state index contributed by atoms with van der Waals surface area (Å²) in [6, 6.07) is 7.33. The van der Waals surface area contributed by atoms with Crippen LogP contribution in [0.15, 0.2) is 35.6 Å². The van der Waals surface area contributed by atoms with Gasteiger partial charge in [-0.2, -0.15) is 4.68 Å². The van der Waals surface area contributed by atoms with E-state index in [4.69, 9.17) is 9.84 Å². The van der Waals surface area contributed by atoms with E-state index in [9.17, 15) is 4.79 Å². The van der Waals surface area contributed by atoms with Crippen molar-refractivity contribution in [2.75, 3.05) is 7.11 Å². The van der Waals surface area contributed by atoms with E-state index in [1.165, 1.54) is 6.33 Å². The van der Waals surface area contributed by atoms with Crippen molar-refractivity contribution in [3.05, 3.63) is 30.6 Å². The summed E-state index contributed by atoms with van der Waals surface area (Å²) >= 11 is 1.11. The lowest BCUT2D eigenvalue weighted by Crippen LogP contribution is -2.11. The topological polar surface area (TPSA) is 103 Å². The van der Waals surface area contributed by atoms with Crippen LogP contribution in [0.5, 0.6) is 5.75 Å². The number of nitrogens with zero attached hydrogens (tertiary/aromatic N) is 5. The fourth-order valence-electron chi connectivity index (χ4n) is 1.95. The minimum absolute atomic E-state index is 0.466. The summed E-state index contributed by atoms with van der Waals surface area (Å²) in [5.74, 6) is -0.226. The van der Waals surface area contributed by atoms with Crippen molar-refractivity contribution < 1.29 is 14.6 Å². The summed E-state index contributed by atoms with van der Waals surface area (Å²) in [6.45, 7) is 1.59. The fourth-order valence-corrected chi connectivity index (χ4v) is 2.74. The lowest BCUT2D eigenvalue weighted by Gasteiger charge is -2.06. The number of carboxylic acid groups (broad SMARTS) is 1. The molecule has 23 heavy (non-hydrogen) atoms. The normalized spacial score (nSPS) is 12.3. The molecule has 0 radical (unpaired) electrons. The van der Waals surface area contributed by atoms with Crippen LogP contribution in [0.25, 0.3) is 16.9 Å². The highest BCUT2D eigenvalue weighted by Crippen LogP contribution is 2.27. The number of ether oxygens (including phenoxy) is 1. The molecule has 1 atom stereocenters. The number of rotatable bonds is 5. The van der Waals surface area contributed by atoms with E-state index in [0.29, 0.717) is 21.9 Å². The Bertz CT molecular complexity index is 866. The average molecular weight is 331 g/mol. The van der Waals surface area contributed by atoms with Crippen LogP contribution in [-0.4, -0.2) is 48.4 Å². The molecule has 3 aromatic rings. The maximum absolute atomic E-state index is 11.0. The van der Waals surface area contributed by atoms with Gasteiger partial charge in [0.05, 0.1) is 12.8 Å². The molecule has 0 saturated carbocycles. The summed E-state index contributed by atoms with van der Waals surface area (Å²) in [4.78, 5) is 19.3. The summed E-state index contributed by atoms with van der Waals surface area (Å²) in [5, 5.41) is 17.1. The van der Waals surface area contributed by atoms with Gasteiger partial charge in [-0.1, -0.05) is 23.0 Å². The van der Waals surface area contributed by atoms with E-state index >= 15 is 0 Å². The first-order valence-corrected chi connectivity index (χ1v) is 7.58. The van der Waals surface area contributed by atoms with Gasteiger partial charge in [0.25, 0.3) is 0 Å². The van der Waals surface area contributed by atoms with Crippen LogP contribution in [0.2, 0.25) is 0 Å². The van der Waals surface area contributed by atoms with E-state index in [1.54, 1.807) is 18.7 Å². The Morgan fingerprint density at radius 3 is 2.96 bits per heavy atom. The van der Waals surface area contributed by atoms with E-state index in [1.807, 2.05) is 24.3 Å². The predicted octanol–water partition coefficient (Wildman–Crippen LogP) is 1.78. The van der Waals surface area contributed by atoms with E-state index in [0.717, 1.165) is 17.4 Å². The third-order valence-corrected chi connectivity index (χ3v) is 4.22. The van der Waals surface area contributed by atoms with Gasteiger partial charge in [-0.15, -0.1) is 5.10 Å². The molecule has 118 valence electrons. The van der Waals surface area contributed by atoms with Crippen molar-refractivity contribution in [1.29, 1.82) is 0 Å². The Labute approximate surface area is 135 Å². The summed E-state index contributed by atoms with van der Waals surface area (Å²) in [6.07, 6.45) is 1.37. The van der Waals surface area contributed by atoms with Gasteiger partial charge in [0.1, 0.15) is 22.4 Å². The predicted molar refractivity (Wildman–Crippen MR) is 84.0 cm³/mol. The Kier molecular flexibility index (Phi) is 4.11. The number of aliphatic carboxylic acids is 1. The molecule has 0 aliphatic heterocycles. The van der Waals surface area contributed by atoms with E-state index in [2.05, 4.69) is 20.3 Å². The van der Waals surface area contributed by atoms with Gasteiger partial charge in [-0.05, 0) is 19.1 Å². The van der Waals surface area contributed by atoms with Crippen LogP contribution in [-0.2, 0) is 4.79 Å². The van der Waals surface area contributed by atoms with E-state index in [-0.39, 0.29) is 0 Å². The van der Waals surface area contributed by atoms with Gasteiger partial charge in [0.15, 0.2) is 11.2 Å². The number of carboxylic acids is 1. The Hall–Kier alpha value is -2.68. The number of methoxy groups -OCH3 is 1. The molecule has 0 aliphatic carbocycles. The molecule has 1 aromatic carbocycles. The molecular formula is C14H13N5O3S. The van der Waals surface area contributed by atoms with Crippen LogP contribution >= 0.6 is 11.8 Å². The minimum Gasteiger partial charge on any atom is -0.497 e. The van der Waals surface area contributed by atoms with Crippen LogP contribution in [0.4, 0.5) is 0 Å². The maximum atomic E-state index is 11.0. The molecule has 0 fully saturated rings. The number of benzene rings is 1. The second-order valence-corrected chi connectivity index (χ2v) is 5.98. The highest BCUT2D eigenvalue weighted by Gasteiger charge is 2.19. The minimum atomic E-state index is -0.915. The number of thioether (sulfide) groups is 1. The number of fused-ring (bicyclic) bond motifs is 1. The molecule has 0 spiro atoms. The zero-order chi connectivity index (χ0) is 16.4. The van der Waals surface area contributed by atoms with Gasteiger partial charge in [-0.25, -0.2) is 9.97 Å². The quantitative estimate of drug-likeness (QED) is 0.557. The summed E-state index contributed by atoms with van der Waals surface area (Å²) < 4.78 is 6.77. The first kappa shape index (κ1) is 15.2. The monoisotopic (exact) mass is 331 g/mol. The second kappa shape index (κ2) is 6.21. The second-order valence-electron chi connectivity index (χ2n) is 4.65. The highest BCUT2D eigenvalue weighted by molar-refractivity contribution is 8.00. The number of aromatic nitrogens is 5. The molecule has 2 aromatic heterocycles. The molecule has 9 heteroatoms. The average Bonchev–Trinajstić information content (AvgIpc) is 3.00. The van der Waals surface area contributed by atoms with Crippen molar-refractivity contribution in [3.8, 4) is 11.4 Å².